The van der Waals surface area contributed by atoms with Crippen molar-refractivity contribution in [1.82, 2.24) is 10.3 Å². The van der Waals surface area contributed by atoms with E-state index in [1.54, 1.807) is 17.4 Å². The topological polar surface area (TPSA) is 62.2 Å². The maximum absolute atomic E-state index is 11.8. The van der Waals surface area contributed by atoms with Crippen LogP contribution in [0, 0.1) is 6.92 Å². The number of aliphatic hydroxyl groups excluding tert-OH is 1. The molecular formula is C13H20N2O2S. The molecule has 1 atom stereocenters. The van der Waals surface area contributed by atoms with E-state index in [1.165, 1.54) is 6.08 Å². The van der Waals surface area contributed by atoms with Gasteiger partial charge in [0.05, 0.1) is 10.7 Å². The van der Waals surface area contributed by atoms with Crippen molar-refractivity contribution >= 4 is 23.3 Å². The smallest absolute Gasteiger partial charge is 0.244 e. The third-order valence-electron chi connectivity index (χ3n) is 2.91. The van der Waals surface area contributed by atoms with Crippen LogP contribution < -0.4 is 5.32 Å². The SMILES string of the molecule is CCC(C)(CCO)NC(=O)/C=C/c1csc(C)n1. The van der Waals surface area contributed by atoms with E-state index in [4.69, 9.17) is 5.11 Å². The molecule has 18 heavy (non-hydrogen) atoms. The fourth-order valence-electron chi connectivity index (χ4n) is 1.53. The molecule has 0 bridgehead atoms. The maximum Gasteiger partial charge on any atom is 0.244 e. The molecule has 5 heteroatoms. The van der Waals surface area contributed by atoms with Gasteiger partial charge < -0.3 is 10.4 Å². The standard InChI is InChI=1S/C13H20N2O2S/c1-4-13(3,7-8-16)15-12(17)6-5-11-9-18-10(2)14-11/h5-6,9,16H,4,7-8H2,1-3H3,(H,15,17)/b6-5+. The van der Waals surface area contributed by atoms with E-state index >= 15 is 0 Å². The first-order chi connectivity index (χ1) is 8.49. The molecule has 0 aliphatic carbocycles. The summed E-state index contributed by atoms with van der Waals surface area (Å²) in [5, 5.41) is 14.8. The van der Waals surface area contributed by atoms with Crippen molar-refractivity contribution in [1.29, 1.82) is 0 Å². The minimum Gasteiger partial charge on any atom is -0.396 e. The molecule has 1 heterocycles. The van der Waals surface area contributed by atoms with Crippen molar-refractivity contribution in [3.05, 3.63) is 22.2 Å². The van der Waals surface area contributed by atoms with Crippen LogP contribution in [0.3, 0.4) is 0 Å². The first kappa shape index (κ1) is 14.9. The number of nitrogens with zero attached hydrogens (tertiary/aromatic N) is 1. The number of hydrogen-bond donors (Lipinski definition) is 2. The molecule has 0 aliphatic rings. The third-order valence-corrected chi connectivity index (χ3v) is 3.70. The Kier molecular flexibility index (Phi) is 5.50. The maximum atomic E-state index is 11.8. The third kappa shape index (κ3) is 4.58. The Balaban J connectivity index is 2.58. The highest BCUT2D eigenvalue weighted by atomic mass is 32.1. The Morgan fingerprint density at radius 1 is 1.67 bits per heavy atom. The summed E-state index contributed by atoms with van der Waals surface area (Å²) in [7, 11) is 0. The Morgan fingerprint density at radius 2 is 2.39 bits per heavy atom. The molecule has 0 fully saturated rings. The summed E-state index contributed by atoms with van der Waals surface area (Å²) in [5.74, 6) is -0.154. The number of aromatic nitrogens is 1. The summed E-state index contributed by atoms with van der Waals surface area (Å²) in [6.45, 7) is 5.92. The van der Waals surface area contributed by atoms with E-state index in [2.05, 4.69) is 10.3 Å². The Labute approximate surface area is 112 Å². The predicted molar refractivity (Wildman–Crippen MR) is 74.4 cm³/mol. The largest absolute Gasteiger partial charge is 0.396 e. The summed E-state index contributed by atoms with van der Waals surface area (Å²) < 4.78 is 0. The van der Waals surface area contributed by atoms with Gasteiger partial charge in [-0.2, -0.15) is 0 Å². The van der Waals surface area contributed by atoms with E-state index in [9.17, 15) is 4.79 Å². The van der Waals surface area contributed by atoms with Crippen LogP contribution in [0.2, 0.25) is 0 Å². The van der Waals surface area contributed by atoms with Gasteiger partial charge in [-0.1, -0.05) is 6.92 Å². The van der Waals surface area contributed by atoms with Crippen LogP contribution in [-0.4, -0.2) is 28.1 Å². The number of carbonyl (C=O) groups is 1. The number of aryl methyl sites for hydroxylation is 1. The molecule has 100 valence electrons. The molecule has 1 rings (SSSR count). The van der Waals surface area contributed by atoms with Crippen LogP contribution in [0.4, 0.5) is 0 Å². The van der Waals surface area contributed by atoms with Crippen molar-refractivity contribution in [3.63, 3.8) is 0 Å². The van der Waals surface area contributed by atoms with Gasteiger partial charge in [0.15, 0.2) is 0 Å². The van der Waals surface area contributed by atoms with Gasteiger partial charge in [-0.25, -0.2) is 4.98 Å². The first-order valence-corrected chi connectivity index (χ1v) is 6.90. The minimum atomic E-state index is -0.353. The molecule has 0 spiro atoms. The second kappa shape index (κ2) is 6.66. The van der Waals surface area contributed by atoms with Gasteiger partial charge in [0.1, 0.15) is 0 Å². The van der Waals surface area contributed by atoms with E-state index in [0.717, 1.165) is 17.1 Å². The fourth-order valence-corrected chi connectivity index (χ4v) is 2.11. The molecule has 0 aliphatic heterocycles. The highest BCUT2D eigenvalue weighted by molar-refractivity contribution is 7.09. The molecule has 4 nitrogen and oxygen atoms in total. The zero-order valence-corrected chi connectivity index (χ0v) is 11.9. The Hall–Kier alpha value is -1.20. The fraction of sp³-hybridized carbons (Fsp3) is 0.538. The molecule has 0 saturated carbocycles. The minimum absolute atomic E-state index is 0.0691. The average molecular weight is 268 g/mol. The number of thiazole rings is 1. The monoisotopic (exact) mass is 268 g/mol. The van der Waals surface area contributed by atoms with Gasteiger partial charge in [0, 0.05) is 23.6 Å². The molecule has 0 radical (unpaired) electrons. The summed E-state index contributed by atoms with van der Waals surface area (Å²) >= 11 is 1.55. The zero-order valence-electron chi connectivity index (χ0n) is 11.1. The Morgan fingerprint density at radius 3 is 2.89 bits per heavy atom. The van der Waals surface area contributed by atoms with Crippen LogP contribution in [-0.2, 0) is 4.79 Å². The van der Waals surface area contributed by atoms with Crippen LogP contribution in [0.15, 0.2) is 11.5 Å². The molecule has 0 saturated heterocycles. The van der Waals surface area contributed by atoms with Crippen LogP contribution in [0.5, 0.6) is 0 Å². The number of rotatable bonds is 6. The lowest BCUT2D eigenvalue weighted by atomic mass is 9.95. The van der Waals surface area contributed by atoms with Crippen molar-refractivity contribution in [2.24, 2.45) is 0 Å². The van der Waals surface area contributed by atoms with Crippen molar-refractivity contribution < 1.29 is 9.90 Å². The summed E-state index contributed by atoms with van der Waals surface area (Å²) in [5.41, 5.74) is 0.446. The number of aliphatic hydroxyl groups is 1. The molecular weight excluding hydrogens is 248 g/mol. The first-order valence-electron chi connectivity index (χ1n) is 6.02. The van der Waals surface area contributed by atoms with Gasteiger partial charge in [-0.05, 0) is 32.8 Å². The van der Waals surface area contributed by atoms with Gasteiger partial charge in [-0.3, -0.25) is 4.79 Å². The lowest BCUT2D eigenvalue weighted by Crippen LogP contribution is -2.45. The van der Waals surface area contributed by atoms with E-state index in [1.807, 2.05) is 26.2 Å². The van der Waals surface area contributed by atoms with Gasteiger partial charge in [0.25, 0.3) is 0 Å². The van der Waals surface area contributed by atoms with Gasteiger partial charge in [-0.15, -0.1) is 11.3 Å². The lowest BCUT2D eigenvalue weighted by Gasteiger charge is -2.28. The van der Waals surface area contributed by atoms with Gasteiger partial charge >= 0.3 is 0 Å². The van der Waals surface area contributed by atoms with Crippen molar-refractivity contribution in [2.45, 2.75) is 39.2 Å². The normalized spacial score (nSPS) is 14.7. The molecule has 1 aromatic heterocycles. The van der Waals surface area contributed by atoms with Crippen LogP contribution >= 0.6 is 11.3 Å². The second-order valence-electron chi connectivity index (χ2n) is 4.50. The quantitative estimate of drug-likeness (QED) is 0.777. The number of carbonyl (C=O) groups excluding carboxylic acids is 1. The predicted octanol–water partition coefficient (Wildman–Crippen LogP) is 2.13. The van der Waals surface area contributed by atoms with E-state index < -0.39 is 0 Å². The summed E-state index contributed by atoms with van der Waals surface area (Å²) in [6.07, 6.45) is 4.52. The van der Waals surface area contributed by atoms with E-state index in [0.29, 0.717) is 6.42 Å². The molecule has 1 unspecified atom stereocenters. The van der Waals surface area contributed by atoms with Crippen LogP contribution in [0.1, 0.15) is 37.4 Å². The molecule has 1 aromatic rings. The molecule has 1 amide bonds. The number of hydrogen-bond acceptors (Lipinski definition) is 4. The van der Waals surface area contributed by atoms with E-state index in [-0.39, 0.29) is 18.1 Å². The van der Waals surface area contributed by atoms with Gasteiger partial charge in [0.2, 0.25) is 5.91 Å². The van der Waals surface area contributed by atoms with Crippen LogP contribution in [0.25, 0.3) is 6.08 Å². The number of nitrogens with one attached hydrogen (secondary N) is 1. The summed E-state index contributed by atoms with van der Waals surface area (Å²) in [4.78, 5) is 16.0. The highest BCUT2D eigenvalue weighted by Gasteiger charge is 2.22. The van der Waals surface area contributed by atoms with Crippen molar-refractivity contribution in [2.75, 3.05) is 6.61 Å². The zero-order chi connectivity index (χ0) is 13.6. The molecule has 2 N–H and O–H groups in total. The molecule has 0 aromatic carbocycles. The van der Waals surface area contributed by atoms with Crippen molar-refractivity contribution in [3.8, 4) is 0 Å². The lowest BCUT2D eigenvalue weighted by molar-refractivity contribution is -0.118. The number of amides is 1. The Bertz CT molecular complexity index is 428. The highest BCUT2D eigenvalue weighted by Crippen LogP contribution is 2.14. The summed E-state index contributed by atoms with van der Waals surface area (Å²) in [6, 6.07) is 0. The second-order valence-corrected chi connectivity index (χ2v) is 5.56. The average Bonchev–Trinajstić information content (AvgIpc) is 2.73.